The summed E-state index contributed by atoms with van der Waals surface area (Å²) in [6, 6.07) is 12.3. The van der Waals surface area contributed by atoms with Crippen molar-refractivity contribution in [2.45, 2.75) is 6.42 Å². The zero-order valence-electron chi connectivity index (χ0n) is 19.1. The number of hydrogen-bond donors (Lipinski definition) is 2. The summed E-state index contributed by atoms with van der Waals surface area (Å²) in [6.07, 6.45) is 2.98. The molecule has 0 spiro atoms. The predicted molar refractivity (Wildman–Crippen MR) is 130 cm³/mol. The Morgan fingerprint density at radius 2 is 2.06 bits per heavy atom. The number of aromatic nitrogens is 3. The van der Waals surface area contributed by atoms with Gasteiger partial charge in [-0.3, -0.25) is 9.48 Å². The SMILES string of the molecule is [C-]#[N+]c1ccc(-c2cc(C(=O)NC[C@@H]3CCNC3)n(C)c2-c2ccc3nn(C)cc3c2)cc1F. The van der Waals surface area contributed by atoms with E-state index in [1.165, 1.54) is 12.1 Å². The lowest BCUT2D eigenvalue weighted by Crippen LogP contribution is -2.31. The molecular formula is C26H25FN6O. The molecule has 0 bridgehead atoms. The van der Waals surface area contributed by atoms with Crippen LogP contribution in [0, 0.1) is 18.3 Å². The Morgan fingerprint density at radius 3 is 2.79 bits per heavy atom. The summed E-state index contributed by atoms with van der Waals surface area (Å²) >= 11 is 0. The van der Waals surface area contributed by atoms with E-state index in [1.54, 1.807) is 16.8 Å². The van der Waals surface area contributed by atoms with E-state index in [9.17, 15) is 9.18 Å². The smallest absolute Gasteiger partial charge is 0.267 e. The lowest BCUT2D eigenvalue weighted by molar-refractivity contribution is 0.0940. The minimum Gasteiger partial charge on any atom is -0.350 e. The number of nitrogens with one attached hydrogen (secondary N) is 2. The van der Waals surface area contributed by atoms with Crippen molar-refractivity contribution < 1.29 is 9.18 Å². The third-order valence-corrected chi connectivity index (χ3v) is 6.45. The molecule has 0 saturated carbocycles. The van der Waals surface area contributed by atoms with E-state index in [1.807, 2.05) is 43.1 Å². The van der Waals surface area contributed by atoms with Gasteiger partial charge >= 0.3 is 0 Å². The molecule has 8 heteroatoms. The summed E-state index contributed by atoms with van der Waals surface area (Å²) in [5.41, 5.74) is 4.38. The van der Waals surface area contributed by atoms with Crippen LogP contribution in [0.2, 0.25) is 0 Å². The molecule has 1 aliphatic heterocycles. The molecule has 7 nitrogen and oxygen atoms in total. The van der Waals surface area contributed by atoms with Gasteiger partial charge in [-0.05, 0) is 60.8 Å². The largest absolute Gasteiger partial charge is 0.350 e. The van der Waals surface area contributed by atoms with Crippen LogP contribution in [0.1, 0.15) is 16.9 Å². The van der Waals surface area contributed by atoms with Gasteiger partial charge in [0.1, 0.15) is 11.5 Å². The maximum absolute atomic E-state index is 14.5. The number of carbonyl (C=O) groups excluding carboxylic acids is 1. The molecule has 0 aliphatic carbocycles. The maximum atomic E-state index is 14.5. The molecule has 2 aromatic carbocycles. The molecule has 4 aromatic rings. The topological polar surface area (TPSA) is 68.2 Å². The van der Waals surface area contributed by atoms with Crippen molar-refractivity contribution in [3.63, 3.8) is 0 Å². The van der Waals surface area contributed by atoms with E-state index in [4.69, 9.17) is 6.57 Å². The molecule has 1 fully saturated rings. The molecule has 34 heavy (non-hydrogen) atoms. The Morgan fingerprint density at radius 1 is 1.24 bits per heavy atom. The minimum absolute atomic E-state index is 0.0267. The standard InChI is InChI=1S/C26H25FN6O/c1-28-23-7-4-17(11-21(23)27)20-12-24(26(34)30-14-16-8-9-29-13-16)33(3)25(20)18-5-6-22-19(10-18)15-32(2)31-22/h4-7,10-12,15-16,29H,8-9,13-14H2,2-3H3,(H,30,34)/t16-/m1/s1. The van der Waals surface area contributed by atoms with Crippen LogP contribution < -0.4 is 10.6 Å². The third kappa shape index (κ3) is 3.95. The van der Waals surface area contributed by atoms with Gasteiger partial charge < -0.3 is 15.2 Å². The predicted octanol–water partition coefficient (Wildman–Crippen LogP) is 4.27. The first kappa shape index (κ1) is 21.9. The van der Waals surface area contributed by atoms with Crippen molar-refractivity contribution in [2.75, 3.05) is 19.6 Å². The highest BCUT2D eigenvalue weighted by molar-refractivity contribution is 5.98. The minimum atomic E-state index is -0.579. The zero-order chi connectivity index (χ0) is 23.8. The Balaban J connectivity index is 1.60. The number of carbonyl (C=O) groups is 1. The lowest BCUT2D eigenvalue weighted by Gasteiger charge is -2.12. The van der Waals surface area contributed by atoms with Crippen LogP contribution in [0.4, 0.5) is 10.1 Å². The fourth-order valence-corrected chi connectivity index (χ4v) is 4.67. The highest BCUT2D eigenvalue weighted by Crippen LogP contribution is 2.37. The molecule has 2 N–H and O–H groups in total. The summed E-state index contributed by atoms with van der Waals surface area (Å²) < 4.78 is 18.1. The molecule has 2 aromatic heterocycles. The lowest BCUT2D eigenvalue weighted by atomic mass is 10.00. The van der Waals surface area contributed by atoms with Crippen molar-refractivity contribution in [3.8, 4) is 22.4 Å². The number of amides is 1. The fourth-order valence-electron chi connectivity index (χ4n) is 4.67. The number of rotatable bonds is 5. The number of aryl methyl sites for hydroxylation is 1. The normalized spacial score (nSPS) is 15.5. The van der Waals surface area contributed by atoms with Crippen molar-refractivity contribution in [1.29, 1.82) is 0 Å². The summed E-state index contributed by atoms with van der Waals surface area (Å²) in [6.45, 7) is 9.63. The summed E-state index contributed by atoms with van der Waals surface area (Å²) in [7, 11) is 3.72. The van der Waals surface area contributed by atoms with Gasteiger partial charge in [-0.2, -0.15) is 5.10 Å². The van der Waals surface area contributed by atoms with Crippen LogP contribution >= 0.6 is 0 Å². The van der Waals surface area contributed by atoms with Crippen LogP contribution in [0.5, 0.6) is 0 Å². The number of fused-ring (bicyclic) bond motifs is 1. The van der Waals surface area contributed by atoms with Gasteiger partial charge in [-0.1, -0.05) is 18.2 Å². The molecule has 0 radical (unpaired) electrons. The molecule has 1 saturated heterocycles. The summed E-state index contributed by atoms with van der Waals surface area (Å²) in [4.78, 5) is 16.4. The second-order valence-electron chi connectivity index (χ2n) is 8.77. The number of hydrogen-bond acceptors (Lipinski definition) is 3. The van der Waals surface area contributed by atoms with Gasteiger partial charge in [0.2, 0.25) is 5.69 Å². The second-order valence-corrected chi connectivity index (χ2v) is 8.77. The van der Waals surface area contributed by atoms with Crippen LogP contribution in [-0.4, -0.2) is 39.9 Å². The monoisotopic (exact) mass is 456 g/mol. The fraction of sp³-hybridized carbons (Fsp3) is 0.269. The van der Waals surface area contributed by atoms with Gasteiger partial charge in [0.15, 0.2) is 0 Å². The quantitative estimate of drug-likeness (QED) is 0.441. The van der Waals surface area contributed by atoms with Crippen molar-refractivity contribution in [1.82, 2.24) is 25.0 Å². The van der Waals surface area contributed by atoms with Crippen molar-refractivity contribution in [3.05, 3.63) is 71.6 Å². The molecule has 0 unspecified atom stereocenters. The van der Waals surface area contributed by atoms with Crippen LogP contribution in [0.15, 0.2) is 48.7 Å². The number of benzene rings is 2. The second kappa shape index (κ2) is 8.76. The molecule has 1 amide bonds. The molecule has 3 heterocycles. The Kier molecular flexibility index (Phi) is 5.64. The number of nitrogens with zero attached hydrogens (tertiary/aromatic N) is 4. The van der Waals surface area contributed by atoms with E-state index < -0.39 is 5.82 Å². The van der Waals surface area contributed by atoms with Crippen molar-refractivity contribution >= 4 is 22.5 Å². The highest BCUT2D eigenvalue weighted by Gasteiger charge is 2.23. The first-order valence-electron chi connectivity index (χ1n) is 11.2. The van der Waals surface area contributed by atoms with Gasteiger partial charge in [-0.15, -0.1) is 0 Å². The first-order valence-corrected chi connectivity index (χ1v) is 11.2. The van der Waals surface area contributed by atoms with E-state index in [0.29, 0.717) is 23.7 Å². The van der Waals surface area contributed by atoms with Crippen LogP contribution in [-0.2, 0) is 14.1 Å². The summed E-state index contributed by atoms with van der Waals surface area (Å²) in [5.74, 6) is -0.321. The first-order chi connectivity index (χ1) is 16.4. The highest BCUT2D eigenvalue weighted by atomic mass is 19.1. The third-order valence-electron chi connectivity index (χ3n) is 6.45. The van der Waals surface area contributed by atoms with Crippen LogP contribution in [0.25, 0.3) is 38.1 Å². The van der Waals surface area contributed by atoms with Gasteiger partial charge in [0.05, 0.1) is 17.8 Å². The van der Waals surface area contributed by atoms with E-state index in [-0.39, 0.29) is 11.6 Å². The van der Waals surface area contributed by atoms with E-state index in [0.717, 1.165) is 47.2 Å². The Bertz CT molecular complexity index is 1440. The zero-order valence-corrected chi connectivity index (χ0v) is 19.1. The Labute approximate surface area is 197 Å². The molecule has 1 aliphatic rings. The van der Waals surface area contributed by atoms with Gasteiger partial charge in [-0.25, -0.2) is 9.24 Å². The van der Waals surface area contributed by atoms with E-state index >= 15 is 0 Å². The molecule has 172 valence electrons. The van der Waals surface area contributed by atoms with Gasteiger partial charge in [0.25, 0.3) is 5.91 Å². The number of halogens is 1. The summed E-state index contributed by atoms with van der Waals surface area (Å²) in [5, 5.41) is 11.8. The maximum Gasteiger partial charge on any atom is 0.267 e. The molecule has 5 rings (SSSR count). The van der Waals surface area contributed by atoms with E-state index in [2.05, 4.69) is 20.6 Å². The van der Waals surface area contributed by atoms with Gasteiger partial charge in [0, 0.05) is 37.8 Å². The Hall–Kier alpha value is -3.96. The molecular weight excluding hydrogens is 431 g/mol. The van der Waals surface area contributed by atoms with Crippen molar-refractivity contribution in [2.24, 2.45) is 20.0 Å². The average Bonchev–Trinajstić information content (AvgIpc) is 3.55. The average molecular weight is 457 g/mol. The molecule has 1 atom stereocenters. The van der Waals surface area contributed by atoms with Crippen LogP contribution in [0.3, 0.4) is 0 Å².